The van der Waals surface area contributed by atoms with Crippen LogP contribution in [0.15, 0.2) is 29.3 Å². The molecule has 2 rings (SSSR count). The van der Waals surface area contributed by atoms with Gasteiger partial charge < -0.3 is 30.6 Å². The quantitative estimate of drug-likeness (QED) is 0.387. The zero-order valence-corrected chi connectivity index (χ0v) is 17.2. The van der Waals surface area contributed by atoms with Gasteiger partial charge in [-0.15, -0.1) is 0 Å². The summed E-state index contributed by atoms with van der Waals surface area (Å²) < 4.78 is 15.6. The molecule has 0 bridgehead atoms. The molecule has 0 amide bonds. The average molecular weight is 414 g/mol. The smallest absolute Gasteiger partial charge is 0.349 e. The van der Waals surface area contributed by atoms with E-state index in [1.165, 1.54) is 0 Å². The van der Waals surface area contributed by atoms with Crippen molar-refractivity contribution in [1.82, 2.24) is 4.90 Å². The van der Waals surface area contributed by atoms with Gasteiger partial charge >= 0.3 is 5.97 Å². The summed E-state index contributed by atoms with van der Waals surface area (Å²) in [7, 11) is 0. The number of halogens is 1. The van der Waals surface area contributed by atoms with Crippen LogP contribution in [0.1, 0.15) is 20.8 Å². The van der Waals surface area contributed by atoms with E-state index in [0.717, 1.165) is 0 Å². The first kappa shape index (κ1) is 23.5. The number of rotatable bonds is 4. The van der Waals surface area contributed by atoms with E-state index in [-0.39, 0.29) is 17.9 Å². The van der Waals surface area contributed by atoms with Crippen LogP contribution >= 0.6 is 11.6 Å². The number of ether oxygens (including phenoxy) is 3. The van der Waals surface area contributed by atoms with Crippen molar-refractivity contribution < 1.29 is 19.0 Å². The van der Waals surface area contributed by atoms with Gasteiger partial charge in [0.05, 0.1) is 19.8 Å². The summed E-state index contributed by atoms with van der Waals surface area (Å²) in [5, 5.41) is 8.06. The molecule has 5 N–H and O–H groups in total. The van der Waals surface area contributed by atoms with Crippen LogP contribution in [0.3, 0.4) is 0 Å². The first-order valence-electron chi connectivity index (χ1n) is 8.78. The first-order chi connectivity index (χ1) is 13.2. The number of hydrogen-bond acceptors (Lipinski definition) is 5. The van der Waals surface area contributed by atoms with Gasteiger partial charge in [-0.3, -0.25) is 5.41 Å². The Balaban J connectivity index is 0.000000292. The van der Waals surface area contributed by atoms with E-state index < -0.39 is 5.60 Å². The van der Waals surface area contributed by atoms with E-state index in [2.05, 4.69) is 4.99 Å². The van der Waals surface area contributed by atoms with Crippen molar-refractivity contribution in [3.63, 3.8) is 0 Å². The molecule has 10 heteroatoms. The third kappa shape index (κ3) is 8.45. The largest absolute Gasteiger partial charge is 0.476 e. The van der Waals surface area contributed by atoms with Crippen LogP contribution in [-0.2, 0) is 14.3 Å². The summed E-state index contributed by atoms with van der Waals surface area (Å²) >= 11 is 5.75. The number of nitrogens with two attached hydrogens (primary N) is 2. The average Bonchev–Trinajstić information content (AvgIpc) is 2.64. The maximum atomic E-state index is 11.6. The molecule has 0 aliphatic carbocycles. The van der Waals surface area contributed by atoms with Crippen LogP contribution in [0.2, 0.25) is 5.02 Å². The van der Waals surface area contributed by atoms with E-state index in [1.807, 2.05) is 0 Å². The molecular formula is C18H28ClN5O4. The molecule has 1 aliphatic rings. The molecule has 1 aromatic carbocycles. The Morgan fingerprint density at radius 1 is 1.29 bits per heavy atom. The minimum absolute atomic E-state index is 0.0773. The lowest BCUT2D eigenvalue weighted by molar-refractivity contribution is -0.158. The van der Waals surface area contributed by atoms with E-state index in [4.69, 9.17) is 42.7 Å². The lowest BCUT2D eigenvalue weighted by Crippen LogP contribution is -2.41. The lowest BCUT2D eigenvalue weighted by Gasteiger charge is -2.26. The van der Waals surface area contributed by atoms with Gasteiger partial charge in [-0.05, 0) is 45.0 Å². The first-order valence-corrected chi connectivity index (χ1v) is 9.16. The van der Waals surface area contributed by atoms with Crippen LogP contribution in [-0.4, -0.2) is 61.3 Å². The molecular weight excluding hydrogens is 386 g/mol. The van der Waals surface area contributed by atoms with Crippen LogP contribution in [0.4, 0.5) is 0 Å². The third-order valence-corrected chi connectivity index (χ3v) is 3.75. The summed E-state index contributed by atoms with van der Waals surface area (Å²) in [6, 6.07) is 6.84. The molecule has 0 spiro atoms. The van der Waals surface area contributed by atoms with Crippen LogP contribution in [0, 0.1) is 5.41 Å². The predicted molar refractivity (Wildman–Crippen MR) is 109 cm³/mol. The fourth-order valence-electron chi connectivity index (χ4n) is 2.11. The van der Waals surface area contributed by atoms with E-state index in [0.29, 0.717) is 43.7 Å². The van der Waals surface area contributed by atoms with Gasteiger partial charge in [-0.1, -0.05) is 11.6 Å². The number of aliphatic imine (C=N–C) groups is 1. The Hall–Kier alpha value is -2.52. The maximum Gasteiger partial charge on any atom is 0.349 e. The van der Waals surface area contributed by atoms with Gasteiger partial charge in [-0.2, -0.15) is 4.99 Å². The number of morpholine rings is 1. The normalized spacial score (nSPS) is 13.6. The second-order valence-corrected chi connectivity index (χ2v) is 6.68. The zero-order chi connectivity index (χ0) is 21.2. The standard InChI is InChI=1S/C12H15ClO3.C6H13N5O/c1-4-15-11(14)12(2,3)16-10-7-5-9(13)6-8-10;7-5(8)10-6(9)11-1-3-12-4-2-11/h5-8H,4H2,1-3H3;1-4H2,(H5,7,8,9,10). The number of carbonyl (C=O) groups is 1. The number of carbonyl (C=O) groups excluding carboxylic acids is 1. The van der Waals surface area contributed by atoms with Gasteiger partial charge in [-0.25, -0.2) is 4.79 Å². The van der Waals surface area contributed by atoms with E-state index in [9.17, 15) is 4.79 Å². The third-order valence-electron chi connectivity index (χ3n) is 3.50. The molecule has 9 nitrogen and oxygen atoms in total. The number of esters is 1. The number of nitrogens with zero attached hydrogens (tertiary/aromatic N) is 2. The molecule has 28 heavy (non-hydrogen) atoms. The Morgan fingerprint density at radius 3 is 2.36 bits per heavy atom. The molecule has 0 radical (unpaired) electrons. The highest BCUT2D eigenvalue weighted by Gasteiger charge is 2.31. The van der Waals surface area contributed by atoms with Crippen molar-refractivity contribution >= 4 is 29.5 Å². The van der Waals surface area contributed by atoms with Gasteiger partial charge in [0.25, 0.3) is 0 Å². The molecule has 1 fully saturated rings. The van der Waals surface area contributed by atoms with Crippen LogP contribution in [0.5, 0.6) is 5.75 Å². The predicted octanol–water partition coefficient (Wildman–Crippen LogP) is 1.59. The maximum absolute atomic E-state index is 11.6. The monoisotopic (exact) mass is 413 g/mol. The highest BCUT2D eigenvalue weighted by atomic mass is 35.5. The summed E-state index contributed by atoms with van der Waals surface area (Å²) in [5.74, 6) is 0.234. The number of nitrogens with one attached hydrogen (secondary N) is 1. The summed E-state index contributed by atoms with van der Waals surface area (Å²) in [6.45, 7) is 8.04. The summed E-state index contributed by atoms with van der Waals surface area (Å²) in [4.78, 5) is 17.0. The van der Waals surface area contributed by atoms with Gasteiger partial charge in [0.2, 0.25) is 5.96 Å². The molecule has 156 valence electrons. The fourth-order valence-corrected chi connectivity index (χ4v) is 2.24. The second kappa shape index (κ2) is 11.4. The Kier molecular flexibility index (Phi) is 9.54. The highest BCUT2D eigenvalue weighted by molar-refractivity contribution is 6.30. The zero-order valence-electron chi connectivity index (χ0n) is 16.4. The molecule has 0 atom stereocenters. The summed E-state index contributed by atoms with van der Waals surface area (Å²) in [5.41, 5.74) is 9.26. The summed E-state index contributed by atoms with van der Waals surface area (Å²) in [6.07, 6.45) is 0. The SMILES string of the molecule is CCOC(=O)C(C)(C)Oc1ccc(Cl)cc1.N=C(N=C(N)N)N1CCOCC1. The van der Waals surface area contributed by atoms with Gasteiger partial charge in [0, 0.05) is 18.1 Å². The van der Waals surface area contributed by atoms with Crippen molar-refractivity contribution in [1.29, 1.82) is 5.41 Å². The van der Waals surface area contributed by atoms with Crippen molar-refractivity contribution in [3.8, 4) is 5.75 Å². The molecule has 1 aliphatic heterocycles. The van der Waals surface area contributed by atoms with Crippen molar-refractivity contribution in [3.05, 3.63) is 29.3 Å². The van der Waals surface area contributed by atoms with Crippen LogP contribution < -0.4 is 16.2 Å². The molecule has 0 unspecified atom stereocenters. The Labute approximate surface area is 170 Å². The lowest BCUT2D eigenvalue weighted by atomic mass is 10.1. The van der Waals surface area contributed by atoms with Gasteiger partial charge in [0.1, 0.15) is 5.75 Å². The molecule has 0 saturated carbocycles. The molecule has 1 aromatic rings. The van der Waals surface area contributed by atoms with Crippen molar-refractivity contribution in [2.75, 3.05) is 32.9 Å². The van der Waals surface area contributed by atoms with Gasteiger partial charge in [0.15, 0.2) is 11.6 Å². The molecule has 1 saturated heterocycles. The number of benzene rings is 1. The Bertz CT molecular complexity index is 669. The molecule has 0 aromatic heterocycles. The van der Waals surface area contributed by atoms with E-state index >= 15 is 0 Å². The molecule has 1 heterocycles. The van der Waals surface area contributed by atoms with Crippen LogP contribution in [0.25, 0.3) is 0 Å². The fraction of sp³-hybridized carbons (Fsp3) is 0.500. The van der Waals surface area contributed by atoms with Crippen molar-refractivity contribution in [2.24, 2.45) is 16.5 Å². The minimum Gasteiger partial charge on any atom is -0.476 e. The Morgan fingerprint density at radius 2 is 1.86 bits per heavy atom. The highest BCUT2D eigenvalue weighted by Crippen LogP contribution is 2.21. The topological polar surface area (TPSA) is 136 Å². The minimum atomic E-state index is -0.996. The second-order valence-electron chi connectivity index (χ2n) is 6.25. The number of hydrogen-bond donors (Lipinski definition) is 3. The van der Waals surface area contributed by atoms with E-state index in [1.54, 1.807) is 49.9 Å². The number of guanidine groups is 2. The van der Waals surface area contributed by atoms with Crippen molar-refractivity contribution in [2.45, 2.75) is 26.4 Å².